The zero-order valence-corrected chi connectivity index (χ0v) is 24.0. The van der Waals surface area contributed by atoms with E-state index in [1.165, 1.54) is 0 Å². The molecule has 6 nitrogen and oxygen atoms in total. The Hall–Kier alpha value is -3.34. The van der Waals surface area contributed by atoms with Crippen molar-refractivity contribution in [2.75, 3.05) is 31.0 Å². The summed E-state index contributed by atoms with van der Waals surface area (Å²) in [7, 11) is -3.66. The number of ether oxygens (including phenoxy) is 1. The normalized spacial score (nSPS) is 16.4. The first-order valence-corrected chi connectivity index (χ1v) is 15.2. The molecule has 0 aromatic heterocycles. The fourth-order valence-electron chi connectivity index (χ4n) is 5.26. The molecule has 1 heterocycles. The number of hydrogen-bond acceptors (Lipinski definition) is 5. The highest BCUT2D eigenvalue weighted by atomic mass is 32.2. The molecule has 3 aromatic rings. The second-order valence-corrected chi connectivity index (χ2v) is 12.6. The molecule has 1 N–H and O–H groups in total. The first kappa shape index (κ1) is 28.7. The van der Waals surface area contributed by atoms with Crippen LogP contribution in [0.5, 0.6) is 5.75 Å². The summed E-state index contributed by atoms with van der Waals surface area (Å²) in [6.07, 6.45) is 2.89. The van der Waals surface area contributed by atoms with Gasteiger partial charge in [-0.05, 0) is 87.5 Å². The molecule has 0 spiro atoms. The van der Waals surface area contributed by atoms with Crippen molar-refractivity contribution < 1.29 is 13.2 Å². The van der Waals surface area contributed by atoms with Gasteiger partial charge < -0.3 is 9.64 Å². The highest BCUT2D eigenvalue weighted by Gasteiger charge is 2.36. The van der Waals surface area contributed by atoms with E-state index in [9.17, 15) is 13.7 Å². The van der Waals surface area contributed by atoms with Crippen LogP contribution in [0.3, 0.4) is 0 Å². The van der Waals surface area contributed by atoms with Crippen molar-refractivity contribution in [3.63, 3.8) is 0 Å². The molecule has 0 saturated carbocycles. The average Bonchev–Trinajstić information content (AvgIpc) is 2.94. The summed E-state index contributed by atoms with van der Waals surface area (Å²) < 4.78 is 34.2. The van der Waals surface area contributed by atoms with Gasteiger partial charge in [-0.1, -0.05) is 67.9 Å². The van der Waals surface area contributed by atoms with Crippen LogP contribution in [0.15, 0.2) is 83.8 Å². The van der Waals surface area contributed by atoms with Gasteiger partial charge in [-0.25, -0.2) is 8.42 Å². The Morgan fingerprint density at radius 3 is 2.36 bits per heavy atom. The van der Waals surface area contributed by atoms with Gasteiger partial charge in [0.25, 0.3) is 10.0 Å². The summed E-state index contributed by atoms with van der Waals surface area (Å²) >= 11 is 0. The molecule has 1 aliphatic heterocycles. The Morgan fingerprint density at radius 1 is 1.03 bits per heavy atom. The van der Waals surface area contributed by atoms with Crippen LogP contribution in [0, 0.1) is 30.1 Å². The maximum Gasteiger partial charge on any atom is 0.261 e. The lowest BCUT2D eigenvalue weighted by Gasteiger charge is -2.36. The SMILES string of the molecule is Cc1ccc(S(=O)(=O)Nc2cccc(OCC3CCN(CCC(C#N)(c4ccccc4)C(C)C)CC3)c2)cc1. The van der Waals surface area contributed by atoms with Crippen LogP contribution < -0.4 is 9.46 Å². The van der Waals surface area contributed by atoms with Crippen molar-refractivity contribution in [3.05, 3.63) is 90.0 Å². The van der Waals surface area contributed by atoms with Crippen LogP contribution >= 0.6 is 0 Å². The number of likely N-dealkylation sites (tertiary alicyclic amines) is 1. The number of rotatable bonds is 11. The number of piperidine rings is 1. The molecule has 0 aliphatic carbocycles. The molecule has 1 aliphatic rings. The van der Waals surface area contributed by atoms with Gasteiger partial charge in [0, 0.05) is 6.07 Å². The molecule has 0 radical (unpaired) electrons. The molecule has 206 valence electrons. The van der Waals surface area contributed by atoms with Crippen LogP contribution in [0.2, 0.25) is 0 Å². The molecule has 1 unspecified atom stereocenters. The number of hydrogen-bond donors (Lipinski definition) is 1. The van der Waals surface area contributed by atoms with E-state index < -0.39 is 15.4 Å². The maximum absolute atomic E-state index is 12.7. The molecular weight excluding hydrogens is 506 g/mol. The predicted octanol–water partition coefficient (Wildman–Crippen LogP) is 6.39. The third kappa shape index (κ3) is 7.20. The van der Waals surface area contributed by atoms with Gasteiger partial charge in [0.15, 0.2) is 0 Å². The standard InChI is InChI=1S/C32H39N3O3S/c1-25(2)32(24-33,28-8-5-4-6-9-28)18-21-35-19-16-27(17-20-35)23-38-30-11-7-10-29(22-30)34-39(36,37)31-14-12-26(3)13-15-31/h4-15,22,25,27,34H,16-21,23H2,1-3H3. The van der Waals surface area contributed by atoms with Gasteiger partial charge in [0.05, 0.1) is 28.7 Å². The maximum atomic E-state index is 12.7. The minimum atomic E-state index is -3.66. The second-order valence-electron chi connectivity index (χ2n) is 10.9. The lowest BCUT2D eigenvalue weighted by molar-refractivity contribution is 0.133. The molecule has 7 heteroatoms. The summed E-state index contributed by atoms with van der Waals surface area (Å²) in [6.45, 7) is 9.67. The Kier molecular flexibility index (Phi) is 9.32. The van der Waals surface area contributed by atoms with Crippen molar-refractivity contribution >= 4 is 15.7 Å². The van der Waals surface area contributed by atoms with E-state index in [4.69, 9.17) is 4.74 Å². The van der Waals surface area contributed by atoms with Gasteiger partial charge in [0.1, 0.15) is 5.75 Å². The summed E-state index contributed by atoms with van der Waals surface area (Å²) in [5.74, 6) is 1.32. The van der Waals surface area contributed by atoms with Gasteiger partial charge >= 0.3 is 0 Å². The van der Waals surface area contributed by atoms with E-state index >= 15 is 0 Å². The average molecular weight is 546 g/mol. The highest BCUT2D eigenvalue weighted by molar-refractivity contribution is 7.92. The van der Waals surface area contributed by atoms with E-state index in [-0.39, 0.29) is 10.8 Å². The van der Waals surface area contributed by atoms with Crippen molar-refractivity contribution in [3.8, 4) is 11.8 Å². The quantitative estimate of drug-likeness (QED) is 0.302. The van der Waals surface area contributed by atoms with Crippen LogP contribution in [0.4, 0.5) is 5.69 Å². The Bertz CT molecular complexity index is 1360. The molecular formula is C32H39N3O3S. The van der Waals surface area contributed by atoms with E-state index in [1.54, 1.807) is 42.5 Å². The number of aryl methyl sites for hydroxylation is 1. The minimum absolute atomic E-state index is 0.230. The van der Waals surface area contributed by atoms with E-state index in [0.29, 0.717) is 24.0 Å². The van der Waals surface area contributed by atoms with Crippen molar-refractivity contribution in [2.45, 2.75) is 50.3 Å². The number of nitrogens with one attached hydrogen (secondary N) is 1. The topological polar surface area (TPSA) is 82.4 Å². The number of anilines is 1. The largest absolute Gasteiger partial charge is 0.493 e. The van der Waals surface area contributed by atoms with Gasteiger partial charge in [0.2, 0.25) is 0 Å². The molecule has 0 bridgehead atoms. The molecule has 1 atom stereocenters. The smallest absolute Gasteiger partial charge is 0.261 e. The van der Waals surface area contributed by atoms with E-state index in [2.05, 4.69) is 41.7 Å². The summed E-state index contributed by atoms with van der Waals surface area (Å²) in [6, 6.07) is 26.7. The first-order chi connectivity index (χ1) is 18.7. The lowest BCUT2D eigenvalue weighted by atomic mass is 9.70. The molecule has 0 amide bonds. The summed E-state index contributed by atoms with van der Waals surface area (Å²) in [5, 5.41) is 10.2. The van der Waals surface area contributed by atoms with Gasteiger partial charge in [-0.15, -0.1) is 0 Å². The molecule has 4 rings (SSSR count). The number of nitriles is 1. The zero-order chi connectivity index (χ0) is 27.9. The molecule has 39 heavy (non-hydrogen) atoms. The fraction of sp³-hybridized carbons (Fsp3) is 0.406. The van der Waals surface area contributed by atoms with E-state index in [0.717, 1.165) is 50.0 Å². The number of benzene rings is 3. The lowest BCUT2D eigenvalue weighted by Crippen LogP contribution is -2.40. The van der Waals surface area contributed by atoms with Crippen molar-refractivity contribution in [1.29, 1.82) is 5.26 Å². The molecule has 3 aromatic carbocycles. The predicted molar refractivity (Wildman–Crippen MR) is 156 cm³/mol. The van der Waals surface area contributed by atoms with Gasteiger partial charge in [-0.3, -0.25) is 4.72 Å². The summed E-state index contributed by atoms with van der Waals surface area (Å²) in [5.41, 5.74) is 2.11. The van der Waals surface area contributed by atoms with Crippen molar-refractivity contribution in [1.82, 2.24) is 4.90 Å². The van der Waals surface area contributed by atoms with Crippen LogP contribution in [-0.4, -0.2) is 39.6 Å². The number of sulfonamides is 1. The monoisotopic (exact) mass is 545 g/mol. The number of nitrogens with zero attached hydrogens (tertiary/aromatic N) is 2. The van der Waals surface area contributed by atoms with Crippen LogP contribution in [-0.2, 0) is 15.4 Å². The van der Waals surface area contributed by atoms with Gasteiger partial charge in [-0.2, -0.15) is 5.26 Å². The summed E-state index contributed by atoms with van der Waals surface area (Å²) in [4.78, 5) is 2.70. The van der Waals surface area contributed by atoms with Crippen molar-refractivity contribution in [2.24, 2.45) is 11.8 Å². The Balaban J connectivity index is 1.27. The highest BCUT2D eigenvalue weighted by Crippen LogP contribution is 2.36. The molecule has 1 fully saturated rings. The second kappa shape index (κ2) is 12.7. The Morgan fingerprint density at radius 2 is 1.72 bits per heavy atom. The first-order valence-electron chi connectivity index (χ1n) is 13.7. The van der Waals surface area contributed by atoms with Crippen LogP contribution in [0.25, 0.3) is 0 Å². The van der Waals surface area contributed by atoms with Crippen LogP contribution in [0.1, 0.15) is 44.2 Å². The molecule has 1 saturated heterocycles. The van der Waals surface area contributed by atoms with E-state index in [1.807, 2.05) is 31.2 Å². The zero-order valence-electron chi connectivity index (χ0n) is 23.1. The fourth-order valence-corrected chi connectivity index (χ4v) is 6.31. The third-order valence-electron chi connectivity index (χ3n) is 7.91. The Labute approximate surface area is 233 Å². The minimum Gasteiger partial charge on any atom is -0.493 e. The third-order valence-corrected chi connectivity index (χ3v) is 9.30.